The normalized spacial score (nSPS) is 11.1. The van der Waals surface area contributed by atoms with Gasteiger partial charge in [0.05, 0.1) is 5.58 Å². The summed E-state index contributed by atoms with van der Waals surface area (Å²) in [4.78, 5) is 9.47. The molecule has 4 nitrogen and oxygen atoms in total. The van der Waals surface area contributed by atoms with Gasteiger partial charge in [-0.05, 0) is 40.4 Å². The summed E-state index contributed by atoms with van der Waals surface area (Å²) in [5.74, 6) is 1.27. The van der Waals surface area contributed by atoms with Gasteiger partial charge >= 0.3 is 21.1 Å². The average Bonchev–Trinajstić information content (AvgIpc) is 3.27. The number of benzene rings is 3. The number of aromatic nitrogens is 2. The zero-order valence-corrected chi connectivity index (χ0v) is 22.0. The van der Waals surface area contributed by atoms with E-state index in [1.54, 1.807) is 0 Å². The summed E-state index contributed by atoms with van der Waals surface area (Å²) in [5, 5.41) is 2.12. The largest absolute Gasteiger partial charge is 2.00 e. The second kappa shape index (κ2) is 10.1. The molecule has 0 N–H and O–H groups in total. The molecule has 0 fully saturated rings. The van der Waals surface area contributed by atoms with Crippen LogP contribution in [0.25, 0.3) is 44.5 Å². The molecule has 0 aliphatic carbocycles. The Bertz CT molecular complexity index is 1660. The van der Waals surface area contributed by atoms with Gasteiger partial charge in [0.15, 0.2) is 0 Å². The van der Waals surface area contributed by atoms with Crippen molar-refractivity contribution >= 4 is 21.9 Å². The molecule has 0 saturated carbocycles. The number of pyridine rings is 2. The standard InChI is InChI=1S/C31H22N2O2.Pt/c1-20(2)23-17-27(22-15-16-25-24-11-6-7-13-28(24)34-29(25)18-22)33-31(19-23)35-30-14-8-12-26(32-30)21-9-4-3-5-10-21;/h3-9,11-14,16-20H,1-2H3;/q-2;+2. The summed E-state index contributed by atoms with van der Waals surface area (Å²) < 4.78 is 12.2. The molecule has 0 radical (unpaired) electrons. The zero-order valence-electron chi connectivity index (χ0n) is 19.8. The predicted octanol–water partition coefficient (Wildman–Crippen LogP) is 8.22. The third kappa shape index (κ3) is 4.69. The predicted molar refractivity (Wildman–Crippen MR) is 138 cm³/mol. The van der Waals surface area contributed by atoms with Crippen LogP contribution in [0.15, 0.2) is 95.4 Å². The number of hydrogen-bond acceptors (Lipinski definition) is 4. The van der Waals surface area contributed by atoms with Gasteiger partial charge in [-0.2, -0.15) is 0 Å². The number of rotatable bonds is 5. The molecule has 0 atom stereocenters. The second-order valence-electron chi connectivity index (χ2n) is 8.74. The van der Waals surface area contributed by atoms with Crippen molar-refractivity contribution in [3.05, 3.63) is 109 Å². The van der Waals surface area contributed by atoms with E-state index in [0.29, 0.717) is 17.7 Å². The average molecular weight is 650 g/mol. The topological polar surface area (TPSA) is 48.2 Å². The third-order valence-electron chi connectivity index (χ3n) is 5.99. The molecule has 5 heteroatoms. The van der Waals surface area contributed by atoms with Gasteiger partial charge in [0.2, 0.25) is 11.8 Å². The molecule has 3 aromatic heterocycles. The van der Waals surface area contributed by atoms with Crippen LogP contribution in [0.3, 0.4) is 0 Å². The number of hydrogen-bond donors (Lipinski definition) is 0. The van der Waals surface area contributed by atoms with Crippen LogP contribution in [0.1, 0.15) is 25.3 Å². The number of furan rings is 1. The maximum absolute atomic E-state index is 6.16. The Kier molecular flexibility index (Phi) is 6.71. The Morgan fingerprint density at radius 2 is 1.56 bits per heavy atom. The van der Waals surface area contributed by atoms with Gasteiger partial charge in [-0.3, -0.25) is 9.97 Å². The van der Waals surface area contributed by atoms with Crippen molar-refractivity contribution in [2.24, 2.45) is 0 Å². The van der Waals surface area contributed by atoms with E-state index < -0.39 is 0 Å². The van der Waals surface area contributed by atoms with Crippen LogP contribution in [0, 0.1) is 12.1 Å². The maximum Gasteiger partial charge on any atom is 2.00 e. The summed E-state index contributed by atoms with van der Waals surface area (Å²) in [6, 6.07) is 36.1. The number of para-hydroxylation sites is 1. The number of nitrogens with zero attached hydrogens (tertiary/aromatic N) is 2. The van der Waals surface area contributed by atoms with Crippen LogP contribution in [0.5, 0.6) is 11.8 Å². The molecule has 6 rings (SSSR count). The van der Waals surface area contributed by atoms with E-state index in [4.69, 9.17) is 14.1 Å². The van der Waals surface area contributed by atoms with E-state index in [1.165, 1.54) is 0 Å². The molecule has 0 bridgehead atoms. The van der Waals surface area contributed by atoms with E-state index in [0.717, 1.165) is 50.0 Å². The Morgan fingerprint density at radius 1 is 0.722 bits per heavy atom. The van der Waals surface area contributed by atoms with Crippen LogP contribution in [0.2, 0.25) is 0 Å². The van der Waals surface area contributed by atoms with Crippen LogP contribution < -0.4 is 4.74 Å². The number of ether oxygens (including phenoxy) is 1. The monoisotopic (exact) mass is 649 g/mol. The fourth-order valence-electron chi connectivity index (χ4n) is 4.14. The minimum absolute atomic E-state index is 0. The van der Waals surface area contributed by atoms with E-state index in [2.05, 4.69) is 43.1 Å². The fraction of sp³-hybridized carbons (Fsp3) is 0.0968. The molecule has 0 unspecified atom stereocenters. The van der Waals surface area contributed by atoms with Crippen molar-refractivity contribution in [2.75, 3.05) is 0 Å². The summed E-state index contributed by atoms with van der Waals surface area (Å²) >= 11 is 0. The van der Waals surface area contributed by atoms with E-state index >= 15 is 0 Å². The van der Waals surface area contributed by atoms with Gasteiger partial charge in [0.25, 0.3) is 0 Å². The van der Waals surface area contributed by atoms with Gasteiger partial charge < -0.3 is 9.15 Å². The minimum Gasteiger partial charge on any atom is -0.476 e. The first kappa shape index (κ1) is 24.0. The van der Waals surface area contributed by atoms with E-state index in [1.807, 2.05) is 78.9 Å². The first-order chi connectivity index (χ1) is 17.1. The molecule has 178 valence electrons. The van der Waals surface area contributed by atoms with E-state index in [9.17, 15) is 0 Å². The summed E-state index contributed by atoms with van der Waals surface area (Å²) in [5.41, 5.74) is 6.14. The van der Waals surface area contributed by atoms with Gasteiger partial charge in [-0.1, -0.05) is 61.7 Å². The van der Waals surface area contributed by atoms with Crippen LogP contribution >= 0.6 is 0 Å². The molecule has 0 aliphatic rings. The van der Waals surface area contributed by atoms with Gasteiger partial charge in [-0.15, -0.1) is 53.6 Å². The SMILES string of the molecule is CC(C)c1cc(Oc2cccc(-c3[c-]cccc3)n2)nc(-c2[c-]cc3c(c2)oc2ccccc23)c1.[Pt+2]. The second-order valence-corrected chi connectivity index (χ2v) is 8.74. The van der Waals surface area contributed by atoms with Crippen molar-refractivity contribution in [1.82, 2.24) is 9.97 Å². The molecule has 0 saturated heterocycles. The summed E-state index contributed by atoms with van der Waals surface area (Å²) in [6.45, 7) is 4.30. The Labute approximate surface area is 224 Å². The van der Waals surface area contributed by atoms with Crippen molar-refractivity contribution < 1.29 is 30.2 Å². The Hall–Kier alpha value is -3.75. The first-order valence-corrected chi connectivity index (χ1v) is 11.6. The summed E-state index contributed by atoms with van der Waals surface area (Å²) in [7, 11) is 0. The van der Waals surface area contributed by atoms with Crippen LogP contribution in [-0.2, 0) is 21.1 Å². The van der Waals surface area contributed by atoms with Crippen molar-refractivity contribution in [3.63, 3.8) is 0 Å². The smallest absolute Gasteiger partial charge is 0.476 e. The molecule has 36 heavy (non-hydrogen) atoms. The minimum atomic E-state index is 0. The number of fused-ring (bicyclic) bond motifs is 3. The molecule has 3 heterocycles. The molecular formula is C31H22N2O2Pt. The molecule has 0 amide bonds. The molecule has 0 aliphatic heterocycles. The van der Waals surface area contributed by atoms with Crippen LogP contribution in [0.4, 0.5) is 0 Å². The summed E-state index contributed by atoms with van der Waals surface area (Å²) in [6.07, 6.45) is 0. The van der Waals surface area contributed by atoms with Gasteiger partial charge in [0, 0.05) is 6.07 Å². The van der Waals surface area contributed by atoms with Gasteiger partial charge in [-0.25, -0.2) is 0 Å². The first-order valence-electron chi connectivity index (χ1n) is 11.6. The fourth-order valence-corrected chi connectivity index (χ4v) is 4.14. The van der Waals surface area contributed by atoms with Crippen molar-refractivity contribution in [3.8, 4) is 34.3 Å². The van der Waals surface area contributed by atoms with E-state index in [-0.39, 0.29) is 21.1 Å². The molecule has 3 aromatic carbocycles. The van der Waals surface area contributed by atoms with Crippen LogP contribution in [-0.4, -0.2) is 9.97 Å². The molecular weight excluding hydrogens is 627 g/mol. The Balaban J connectivity index is 0.00000267. The van der Waals surface area contributed by atoms with Crippen molar-refractivity contribution in [2.45, 2.75) is 19.8 Å². The molecule has 6 aromatic rings. The quantitative estimate of drug-likeness (QED) is 0.177. The maximum atomic E-state index is 6.16. The Morgan fingerprint density at radius 3 is 2.39 bits per heavy atom. The van der Waals surface area contributed by atoms with Gasteiger partial charge in [0.1, 0.15) is 5.58 Å². The molecule has 0 spiro atoms. The van der Waals surface area contributed by atoms with Crippen molar-refractivity contribution in [1.29, 1.82) is 0 Å². The third-order valence-corrected chi connectivity index (χ3v) is 5.99. The zero-order chi connectivity index (χ0) is 23.8.